The van der Waals surface area contributed by atoms with E-state index in [0.29, 0.717) is 13.3 Å². The highest BCUT2D eigenvalue weighted by atomic mass is 28.3. The first-order valence-corrected chi connectivity index (χ1v) is 15.1. The minimum atomic E-state index is -0.206. The second-order valence-electron chi connectivity index (χ2n) is 9.38. The van der Waals surface area contributed by atoms with Crippen molar-refractivity contribution in [2.75, 3.05) is 33.1 Å². The first-order chi connectivity index (χ1) is 16.3. The number of rotatable bonds is 29. The first kappa shape index (κ1) is 33.0. The molecule has 0 saturated carbocycles. The fraction of sp³-hybridized carbons (Fsp3) is 1.00. The van der Waals surface area contributed by atoms with Crippen LogP contribution in [-0.2, 0) is 13.6 Å². The van der Waals surface area contributed by atoms with E-state index in [1.54, 1.807) is 0 Å². The Labute approximate surface area is 209 Å². The maximum Gasteiger partial charge on any atom is 0.435 e. The Bertz CT molecular complexity index is 350. The summed E-state index contributed by atoms with van der Waals surface area (Å²) < 4.78 is 16.4. The molecular formula is C27H57NO4Si. The fourth-order valence-corrected chi connectivity index (χ4v) is 4.24. The van der Waals surface area contributed by atoms with Gasteiger partial charge in [-0.25, -0.2) is 0 Å². The highest BCUT2D eigenvalue weighted by Gasteiger charge is 1.99. The van der Waals surface area contributed by atoms with Crippen LogP contribution < -0.4 is 5.32 Å². The monoisotopic (exact) mass is 487 g/mol. The van der Waals surface area contributed by atoms with Gasteiger partial charge in [-0.2, -0.15) is 0 Å². The van der Waals surface area contributed by atoms with Crippen LogP contribution >= 0.6 is 0 Å². The summed E-state index contributed by atoms with van der Waals surface area (Å²) in [5, 5.41) is 12.7. The van der Waals surface area contributed by atoms with Gasteiger partial charge in [-0.15, -0.1) is 0 Å². The molecule has 2 radical (unpaired) electrons. The van der Waals surface area contributed by atoms with Crippen molar-refractivity contribution in [2.45, 2.75) is 142 Å². The summed E-state index contributed by atoms with van der Waals surface area (Å²) in [5.41, 5.74) is 0. The molecule has 0 aromatic heterocycles. The van der Waals surface area contributed by atoms with E-state index in [4.69, 9.17) is 13.6 Å². The average molecular weight is 488 g/mol. The van der Waals surface area contributed by atoms with Gasteiger partial charge in [0.1, 0.15) is 6.79 Å². The van der Waals surface area contributed by atoms with E-state index in [1.807, 2.05) is 6.92 Å². The number of unbranched alkanes of at least 4 members (excludes halogenated alkanes) is 16. The van der Waals surface area contributed by atoms with Crippen LogP contribution in [0.4, 0.5) is 0 Å². The Hall–Kier alpha value is 0.0169. The van der Waals surface area contributed by atoms with E-state index < -0.39 is 0 Å². The normalized spacial score (nSPS) is 12.5. The minimum absolute atomic E-state index is 0.0870. The van der Waals surface area contributed by atoms with Gasteiger partial charge in [-0.05, 0) is 32.2 Å². The Kier molecular flexibility index (Phi) is 30.1. The number of aliphatic hydroxyl groups is 1. The molecule has 0 aliphatic carbocycles. The summed E-state index contributed by atoms with van der Waals surface area (Å²) in [7, 11) is 0.0870. The van der Waals surface area contributed by atoms with Crippen molar-refractivity contribution in [3.63, 3.8) is 0 Å². The van der Waals surface area contributed by atoms with Gasteiger partial charge < -0.3 is 24.0 Å². The first-order valence-electron chi connectivity index (χ1n) is 14.3. The molecule has 33 heavy (non-hydrogen) atoms. The van der Waals surface area contributed by atoms with Gasteiger partial charge in [0, 0.05) is 19.8 Å². The number of hydrogen-bond donors (Lipinski definition) is 2. The van der Waals surface area contributed by atoms with E-state index in [0.717, 1.165) is 45.4 Å². The Morgan fingerprint density at radius 3 is 1.73 bits per heavy atom. The van der Waals surface area contributed by atoms with E-state index in [1.165, 1.54) is 96.3 Å². The zero-order valence-electron chi connectivity index (χ0n) is 22.2. The quantitative estimate of drug-likeness (QED) is 0.0680. The lowest BCUT2D eigenvalue weighted by Gasteiger charge is -2.09. The SMILES string of the molecule is CCCCCCCCCCCCCCCCOCO[Si]OCCCCCCNCC(O)CC. The number of aliphatic hydroxyl groups excluding tert-OH is 1. The molecule has 0 rings (SSSR count). The minimum Gasteiger partial charge on any atom is -0.393 e. The van der Waals surface area contributed by atoms with Crippen LogP contribution in [0, 0.1) is 0 Å². The van der Waals surface area contributed by atoms with Crippen molar-refractivity contribution >= 4 is 10.0 Å². The molecule has 0 fully saturated rings. The van der Waals surface area contributed by atoms with Gasteiger partial charge in [-0.3, -0.25) is 0 Å². The summed E-state index contributed by atoms with van der Waals surface area (Å²) in [4.78, 5) is 0. The molecule has 1 atom stereocenters. The highest BCUT2D eigenvalue weighted by Crippen LogP contribution is 2.13. The molecule has 0 spiro atoms. The van der Waals surface area contributed by atoms with E-state index >= 15 is 0 Å². The fourth-order valence-electron chi connectivity index (χ4n) is 3.80. The van der Waals surface area contributed by atoms with Gasteiger partial charge in [0.2, 0.25) is 0 Å². The van der Waals surface area contributed by atoms with Gasteiger partial charge in [0.05, 0.1) is 6.10 Å². The molecule has 0 heterocycles. The van der Waals surface area contributed by atoms with Crippen LogP contribution in [-0.4, -0.2) is 54.3 Å². The largest absolute Gasteiger partial charge is 0.435 e. The molecule has 0 aromatic carbocycles. The zero-order valence-corrected chi connectivity index (χ0v) is 23.2. The molecule has 198 valence electrons. The smallest absolute Gasteiger partial charge is 0.393 e. The van der Waals surface area contributed by atoms with Crippen molar-refractivity contribution in [3.05, 3.63) is 0 Å². The van der Waals surface area contributed by atoms with Crippen molar-refractivity contribution in [1.82, 2.24) is 5.32 Å². The Morgan fingerprint density at radius 1 is 0.636 bits per heavy atom. The maximum atomic E-state index is 9.45. The van der Waals surface area contributed by atoms with Crippen molar-refractivity contribution < 1.29 is 18.7 Å². The molecule has 0 aromatic rings. The Morgan fingerprint density at radius 2 is 1.15 bits per heavy atom. The predicted molar refractivity (Wildman–Crippen MR) is 142 cm³/mol. The number of hydrogen-bond acceptors (Lipinski definition) is 5. The number of nitrogens with one attached hydrogen (secondary N) is 1. The second kappa shape index (κ2) is 30.0. The van der Waals surface area contributed by atoms with Crippen LogP contribution in [0.5, 0.6) is 0 Å². The van der Waals surface area contributed by atoms with E-state index in [-0.39, 0.29) is 16.1 Å². The maximum absolute atomic E-state index is 9.45. The molecule has 2 N–H and O–H groups in total. The van der Waals surface area contributed by atoms with Crippen LogP contribution in [0.1, 0.15) is 136 Å². The van der Waals surface area contributed by atoms with Crippen molar-refractivity contribution in [2.24, 2.45) is 0 Å². The van der Waals surface area contributed by atoms with Crippen LogP contribution in [0.15, 0.2) is 0 Å². The average Bonchev–Trinajstić information content (AvgIpc) is 2.83. The number of ether oxygens (including phenoxy) is 1. The molecule has 0 bridgehead atoms. The van der Waals surface area contributed by atoms with E-state index in [9.17, 15) is 5.11 Å². The molecule has 6 heteroatoms. The lowest BCUT2D eigenvalue weighted by Crippen LogP contribution is -2.26. The van der Waals surface area contributed by atoms with Gasteiger partial charge in [0.25, 0.3) is 0 Å². The molecular weight excluding hydrogens is 430 g/mol. The molecule has 0 aliphatic heterocycles. The standard InChI is InChI=1S/C27H57NO4Si/c1-3-5-6-7-8-9-10-11-12-13-14-15-17-20-23-30-26-32-33-31-24-21-18-16-19-22-28-25-27(29)4-2/h27-29H,3-26H2,1-2H3. The summed E-state index contributed by atoms with van der Waals surface area (Å²) in [5.74, 6) is 0. The third-order valence-corrected chi connectivity index (χ3v) is 6.66. The summed E-state index contributed by atoms with van der Waals surface area (Å²) in [6.45, 7) is 7.90. The Balaban J connectivity index is 3.01. The highest BCUT2D eigenvalue weighted by molar-refractivity contribution is 6.17. The third kappa shape index (κ3) is 30.0. The lowest BCUT2D eigenvalue weighted by atomic mass is 10.0. The van der Waals surface area contributed by atoms with Crippen molar-refractivity contribution in [1.29, 1.82) is 0 Å². The topological polar surface area (TPSA) is 60.0 Å². The van der Waals surface area contributed by atoms with Crippen LogP contribution in [0.3, 0.4) is 0 Å². The van der Waals surface area contributed by atoms with Crippen molar-refractivity contribution in [3.8, 4) is 0 Å². The summed E-state index contributed by atoms with van der Waals surface area (Å²) >= 11 is 0. The molecule has 0 saturated heterocycles. The third-order valence-electron chi connectivity index (χ3n) is 6.10. The predicted octanol–water partition coefficient (Wildman–Crippen LogP) is 6.93. The van der Waals surface area contributed by atoms with Crippen LogP contribution in [0.25, 0.3) is 0 Å². The van der Waals surface area contributed by atoms with Gasteiger partial charge in [-0.1, -0.05) is 110 Å². The molecule has 0 amide bonds. The van der Waals surface area contributed by atoms with Crippen LogP contribution in [0.2, 0.25) is 0 Å². The lowest BCUT2D eigenvalue weighted by molar-refractivity contribution is 0.00309. The molecule has 5 nitrogen and oxygen atoms in total. The zero-order chi connectivity index (χ0) is 24.1. The molecule has 1 unspecified atom stereocenters. The summed E-state index contributed by atoms with van der Waals surface area (Å²) in [6.07, 6.45) is 24.6. The summed E-state index contributed by atoms with van der Waals surface area (Å²) in [6, 6.07) is 0. The van der Waals surface area contributed by atoms with E-state index in [2.05, 4.69) is 12.2 Å². The second-order valence-corrected chi connectivity index (χ2v) is 10.1. The van der Waals surface area contributed by atoms with Gasteiger partial charge >= 0.3 is 10.0 Å². The van der Waals surface area contributed by atoms with Gasteiger partial charge in [0.15, 0.2) is 0 Å². The molecule has 0 aliphatic rings.